The first-order valence-corrected chi connectivity index (χ1v) is 5.74. The molecule has 0 aliphatic carbocycles. The van der Waals surface area contributed by atoms with Gasteiger partial charge in [-0.3, -0.25) is 20.2 Å². The fourth-order valence-electron chi connectivity index (χ4n) is 1.98. The molecule has 0 unspecified atom stereocenters. The van der Waals surface area contributed by atoms with Gasteiger partial charge in [-0.15, -0.1) is 0 Å². The van der Waals surface area contributed by atoms with Crippen LogP contribution in [-0.4, -0.2) is 28.0 Å². The highest BCUT2D eigenvalue weighted by atomic mass is 16.6. The molecule has 0 aromatic heterocycles. The molecule has 0 aliphatic heterocycles. The van der Waals surface area contributed by atoms with Crippen molar-refractivity contribution in [2.24, 2.45) is 0 Å². The fraction of sp³-hybridized carbons (Fsp3) is 0.364. The lowest BCUT2D eigenvalue weighted by molar-refractivity contribution is -0.392. The lowest BCUT2D eigenvalue weighted by Crippen LogP contribution is -2.11. The Balaban J connectivity index is 3.84. The SMILES string of the molecule is CCCc1c(C(=O)O)cc([N+](=O)[O-])c(NC)c1[N+](=O)[O-]. The van der Waals surface area contributed by atoms with Gasteiger partial charge in [-0.25, -0.2) is 4.79 Å². The summed E-state index contributed by atoms with van der Waals surface area (Å²) in [6.45, 7) is 1.73. The normalized spacial score (nSPS) is 10.1. The van der Waals surface area contributed by atoms with Crippen molar-refractivity contribution in [2.45, 2.75) is 19.8 Å². The highest BCUT2D eigenvalue weighted by Crippen LogP contribution is 2.39. The number of carbonyl (C=O) groups is 1. The third-order valence-corrected chi connectivity index (χ3v) is 2.74. The first-order chi connectivity index (χ1) is 9.34. The Morgan fingerprint density at radius 2 is 1.95 bits per heavy atom. The van der Waals surface area contributed by atoms with Crippen LogP contribution in [0.5, 0.6) is 0 Å². The number of hydrogen-bond acceptors (Lipinski definition) is 6. The monoisotopic (exact) mass is 283 g/mol. The minimum absolute atomic E-state index is 0.0139. The van der Waals surface area contributed by atoms with Crippen molar-refractivity contribution in [1.29, 1.82) is 0 Å². The van der Waals surface area contributed by atoms with E-state index in [0.717, 1.165) is 6.07 Å². The lowest BCUT2D eigenvalue weighted by Gasteiger charge is -2.10. The molecule has 1 rings (SSSR count). The highest BCUT2D eigenvalue weighted by molar-refractivity contribution is 5.95. The van der Waals surface area contributed by atoms with Crippen LogP contribution in [0.3, 0.4) is 0 Å². The summed E-state index contributed by atoms with van der Waals surface area (Å²) in [6.07, 6.45) is 0.618. The molecule has 0 amide bonds. The number of aromatic carboxylic acids is 1. The maximum atomic E-state index is 11.2. The maximum Gasteiger partial charge on any atom is 0.336 e. The van der Waals surface area contributed by atoms with E-state index < -0.39 is 32.8 Å². The van der Waals surface area contributed by atoms with Crippen LogP contribution in [0.2, 0.25) is 0 Å². The Morgan fingerprint density at radius 1 is 1.35 bits per heavy atom. The molecular weight excluding hydrogens is 270 g/mol. The summed E-state index contributed by atoms with van der Waals surface area (Å²) in [5.74, 6) is -1.43. The third kappa shape index (κ3) is 2.66. The maximum absolute atomic E-state index is 11.2. The second kappa shape index (κ2) is 5.95. The summed E-state index contributed by atoms with van der Waals surface area (Å²) in [6, 6.07) is 0.853. The van der Waals surface area contributed by atoms with Gasteiger partial charge in [0.25, 0.3) is 5.69 Å². The zero-order chi connectivity index (χ0) is 15.4. The van der Waals surface area contributed by atoms with E-state index in [1.165, 1.54) is 7.05 Å². The van der Waals surface area contributed by atoms with Crippen LogP contribution in [0.1, 0.15) is 29.3 Å². The summed E-state index contributed by atoms with van der Waals surface area (Å²) in [5, 5.41) is 33.6. The molecule has 1 aromatic carbocycles. The molecule has 0 fully saturated rings. The summed E-state index contributed by atoms with van der Waals surface area (Å²) < 4.78 is 0. The molecule has 1 aromatic rings. The summed E-state index contributed by atoms with van der Waals surface area (Å²) in [7, 11) is 1.31. The van der Waals surface area contributed by atoms with E-state index in [1.807, 2.05) is 0 Å². The Labute approximate surface area is 113 Å². The van der Waals surface area contributed by atoms with Crippen LogP contribution in [0.4, 0.5) is 17.1 Å². The smallest absolute Gasteiger partial charge is 0.336 e. The number of nitro groups is 2. The highest BCUT2D eigenvalue weighted by Gasteiger charge is 2.32. The summed E-state index contributed by atoms with van der Waals surface area (Å²) >= 11 is 0. The van der Waals surface area contributed by atoms with Crippen LogP contribution in [0.25, 0.3) is 0 Å². The molecule has 0 bridgehead atoms. The van der Waals surface area contributed by atoms with Crippen molar-refractivity contribution in [3.8, 4) is 0 Å². The number of carboxylic acid groups (broad SMARTS) is 1. The number of nitrogens with one attached hydrogen (secondary N) is 1. The largest absolute Gasteiger partial charge is 0.478 e. The van der Waals surface area contributed by atoms with Gasteiger partial charge in [0.15, 0.2) is 5.69 Å². The molecule has 0 heterocycles. The average molecular weight is 283 g/mol. The molecule has 0 aliphatic rings. The van der Waals surface area contributed by atoms with Gasteiger partial charge < -0.3 is 10.4 Å². The topological polar surface area (TPSA) is 136 Å². The van der Waals surface area contributed by atoms with Gasteiger partial charge in [-0.1, -0.05) is 13.3 Å². The second-order valence-corrected chi connectivity index (χ2v) is 3.96. The number of hydrogen-bond donors (Lipinski definition) is 2. The molecule has 0 saturated carbocycles. The zero-order valence-electron chi connectivity index (χ0n) is 10.9. The number of carboxylic acids is 1. The van der Waals surface area contributed by atoms with Crippen LogP contribution in [0.15, 0.2) is 6.07 Å². The summed E-state index contributed by atoms with van der Waals surface area (Å²) in [4.78, 5) is 31.7. The van der Waals surface area contributed by atoms with Crippen molar-refractivity contribution in [3.05, 3.63) is 37.4 Å². The van der Waals surface area contributed by atoms with Crippen LogP contribution in [0, 0.1) is 20.2 Å². The molecule has 9 nitrogen and oxygen atoms in total. The molecule has 2 N–H and O–H groups in total. The predicted octanol–water partition coefficient (Wildman–Crippen LogP) is 2.20. The molecule has 0 atom stereocenters. The molecule has 0 radical (unpaired) electrons. The van der Waals surface area contributed by atoms with E-state index in [4.69, 9.17) is 5.11 Å². The minimum Gasteiger partial charge on any atom is -0.478 e. The van der Waals surface area contributed by atoms with Crippen molar-refractivity contribution in [3.63, 3.8) is 0 Å². The van der Waals surface area contributed by atoms with E-state index in [9.17, 15) is 25.0 Å². The lowest BCUT2D eigenvalue weighted by atomic mass is 9.98. The molecule has 9 heteroatoms. The minimum atomic E-state index is -1.43. The first kappa shape index (κ1) is 15.3. The second-order valence-electron chi connectivity index (χ2n) is 3.96. The van der Waals surface area contributed by atoms with E-state index in [2.05, 4.69) is 5.32 Å². The van der Waals surface area contributed by atoms with Crippen molar-refractivity contribution >= 4 is 23.0 Å². The number of nitro benzene ring substituents is 2. The number of anilines is 1. The Kier molecular flexibility index (Phi) is 4.57. The Bertz CT molecular complexity index is 584. The van der Waals surface area contributed by atoms with Crippen LogP contribution in [-0.2, 0) is 6.42 Å². The van der Waals surface area contributed by atoms with Gasteiger partial charge in [-0.2, -0.15) is 0 Å². The number of benzene rings is 1. The predicted molar refractivity (Wildman–Crippen MR) is 70.3 cm³/mol. The van der Waals surface area contributed by atoms with Gasteiger partial charge in [0.05, 0.1) is 15.4 Å². The number of rotatable bonds is 6. The standard InChI is InChI=1S/C11H13N3O6/c1-3-4-6-7(11(15)16)5-8(13(17)18)9(12-2)10(6)14(19)20/h5,12H,3-4H2,1-2H3,(H,15,16). The Hall–Kier alpha value is -2.71. The zero-order valence-corrected chi connectivity index (χ0v) is 10.9. The van der Waals surface area contributed by atoms with Gasteiger partial charge in [0, 0.05) is 18.7 Å². The first-order valence-electron chi connectivity index (χ1n) is 5.74. The van der Waals surface area contributed by atoms with Crippen molar-refractivity contribution in [1.82, 2.24) is 0 Å². The quantitative estimate of drug-likeness (QED) is 0.603. The van der Waals surface area contributed by atoms with Crippen LogP contribution >= 0.6 is 0 Å². The van der Waals surface area contributed by atoms with Gasteiger partial charge in [-0.05, 0) is 6.42 Å². The molecular formula is C11H13N3O6. The van der Waals surface area contributed by atoms with Crippen molar-refractivity contribution in [2.75, 3.05) is 12.4 Å². The molecule has 0 spiro atoms. The van der Waals surface area contributed by atoms with E-state index >= 15 is 0 Å². The van der Waals surface area contributed by atoms with E-state index in [1.54, 1.807) is 6.92 Å². The third-order valence-electron chi connectivity index (χ3n) is 2.74. The molecule has 108 valence electrons. The van der Waals surface area contributed by atoms with Gasteiger partial charge in [0.2, 0.25) is 0 Å². The van der Waals surface area contributed by atoms with E-state index in [-0.39, 0.29) is 17.7 Å². The van der Waals surface area contributed by atoms with E-state index in [0.29, 0.717) is 6.42 Å². The van der Waals surface area contributed by atoms with Crippen molar-refractivity contribution < 1.29 is 19.7 Å². The number of nitrogens with zero attached hydrogens (tertiary/aromatic N) is 2. The van der Waals surface area contributed by atoms with Gasteiger partial charge in [0.1, 0.15) is 0 Å². The average Bonchev–Trinajstić information content (AvgIpc) is 2.36. The molecule has 20 heavy (non-hydrogen) atoms. The Morgan fingerprint density at radius 3 is 2.30 bits per heavy atom. The van der Waals surface area contributed by atoms with Gasteiger partial charge >= 0.3 is 11.7 Å². The molecule has 0 saturated heterocycles. The van der Waals surface area contributed by atoms with Crippen LogP contribution < -0.4 is 5.32 Å². The summed E-state index contributed by atoms with van der Waals surface area (Å²) in [5.41, 5.74) is -1.89. The fourth-order valence-corrected chi connectivity index (χ4v) is 1.98.